The summed E-state index contributed by atoms with van der Waals surface area (Å²) in [6.45, 7) is 0. The van der Waals surface area contributed by atoms with Crippen LogP contribution in [-0.4, -0.2) is 16.1 Å². The Hall–Kier alpha value is -1.46. The molecule has 1 amide bonds. The Balaban J connectivity index is 1.35. The number of nitrogens with zero attached hydrogens (tertiary/aromatic N) is 2. The summed E-state index contributed by atoms with van der Waals surface area (Å²) in [6.07, 6.45) is 8.03. The van der Waals surface area contributed by atoms with Gasteiger partial charge in [-0.2, -0.15) is 0 Å². The zero-order chi connectivity index (χ0) is 17.0. The Morgan fingerprint density at radius 2 is 1.64 bits per heavy atom. The minimum Gasteiger partial charge on any atom is -0.296 e. The van der Waals surface area contributed by atoms with Crippen LogP contribution in [0.15, 0.2) is 24.3 Å². The lowest BCUT2D eigenvalue weighted by Crippen LogP contribution is -2.48. The number of anilines is 1. The van der Waals surface area contributed by atoms with Crippen LogP contribution in [0.25, 0.3) is 0 Å². The first-order valence-corrected chi connectivity index (χ1v) is 10.2. The van der Waals surface area contributed by atoms with Gasteiger partial charge < -0.3 is 0 Å². The van der Waals surface area contributed by atoms with Crippen molar-refractivity contribution >= 4 is 34.0 Å². The monoisotopic (exact) mass is 373 g/mol. The molecule has 25 heavy (non-hydrogen) atoms. The normalized spacial score (nSPS) is 32.8. The predicted octanol–water partition coefficient (Wildman–Crippen LogP) is 4.91. The second-order valence-corrected chi connectivity index (χ2v) is 9.49. The second kappa shape index (κ2) is 5.78. The van der Waals surface area contributed by atoms with Crippen molar-refractivity contribution in [2.24, 2.45) is 17.8 Å². The lowest BCUT2D eigenvalue weighted by Gasteiger charge is -2.55. The predicted molar refractivity (Wildman–Crippen MR) is 99.2 cm³/mol. The molecule has 4 nitrogen and oxygen atoms in total. The maximum atomic E-state index is 12.4. The van der Waals surface area contributed by atoms with Gasteiger partial charge in [0.25, 0.3) is 5.91 Å². The van der Waals surface area contributed by atoms with Crippen LogP contribution in [0.3, 0.4) is 0 Å². The van der Waals surface area contributed by atoms with E-state index in [1.807, 2.05) is 0 Å². The van der Waals surface area contributed by atoms with Crippen molar-refractivity contribution in [3.05, 3.63) is 39.9 Å². The Kier molecular flexibility index (Phi) is 3.64. The summed E-state index contributed by atoms with van der Waals surface area (Å²) in [6, 6.07) is 6.88. The average Bonchev–Trinajstić information content (AvgIpc) is 3.03. The van der Waals surface area contributed by atoms with Crippen LogP contribution in [0, 0.1) is 17.8 Å². The summed E-state index contributed by atoms with van der Waals surface area (Å²) >= 11 is 7.45. The van der Waals surface area contributed by atoms with Gasteiger partial charge in [0, 0.05) is 16.0 Å². The van der Waals surface area contributed by atoms with Crippen LogP contribution < -0.4 is 5.32 Å². The molecular formula is C19H20ClN3OS. The molecular weight excluding hydrogens is 354 g/mol. The number of hydrogen-bond donors (Lipinski definition) is 1. The van der Waals surface area contributed by atoms with Gasteiger partial charge in [-0.1, -0.05) is 22.9 Å². The van der Waals surface area contributed by atoms with Gasteiger partial charge in [-0.25, -0.2) is 0 Å². The van der Waals surface area contributed by atoms with E-state index in [2.05, 4.69) is 15.5 Å². The number of carbonyl (C=O) groups excluding carboxylic acids is 1. The zero-order valence-electron chi connectivity index (χ0n) is 13.9. The van der Waals surface area contributed by atoms with Gasteiger partial charge in [-0.3, -0.25) is 10.1 Å². The molecule has 1 aromatic carbocycles. The van der Waals surface area contributed by atoms with E-state index in [9.17, 15) is 4.79 Å². The van der Waals surface area contributed by atoms with Crippen LogP contribution in [-0.2, 0) is 5.41 Å². The van der Waals surface area contributed by atoms with E-state index in [4.69, 9.17) is 11.6 Å². The van der Waals surface area contributed by atoms with Gasteiger partial charge >= 0.3 is 0 Å². The average molecular weight is 374 g/mol. The smallest absolute Gasteiger partial charge is 0.257 e. The fourth-order valence-corrected chi connectivity index (χ4v) is 6.71. The van der Waals surface area contributed by atoms with Crippen LogP contribution in [0.2, 0.25) is 5.02 Å². The number of aromatic nitrogens is 2. The van der Waals surface area contributed by atoms with Crippen LogP contribution in [0.5, 0.6) is 0 Å². The van der Waals surface area contributed by atoms with E-state index < -0.39 is 0 Å². The summed E-state index contributed by atoms with van der Waals surface area (Å²) in [4.78, 5) is 12.4. The SMILES string of the molecule is O=C(Nc1nnc(C23CC4CC(CC(C4)C2)C3)s1)c1ccc(Cl)cc1. The van der Waals surface area contributed by atoms with E-state index in [-0.39, 0.29) is 11.3 Å². The van der Waals surface area contributed by atoms with Crippen molar-refractivity contribution in [2.75, 3.05) is 5.32 Å². The summed E-state index contributed by atoms with van der Waals surface area (Å²) in [7, 11) is 0. The van der Waals surface area contributed by atoms with E-state index in [1.165, 1.54) is 38.5 Å². The molecule has 4 bridgehead atoms. The number of benzene rings is 1. The number of rotatable bonds is 3. The van der Waals surface area contributed by atoms with Gasteiger partial charge in [0.15, 0.2) is 0 Å². The molecule has 4 aliphatic rings. The van der Waals surface area contributed by atoms with E-state index in [1.54, 1.807) is 35.6 Å². The van der Waals surface area contributed by atoms with Gasteiger partial charge in [-0.05, 0) is 80.5 Å². The van der Waals surface area contributed by atoms with Crippen molar-refractivity contribution in [3.8, 4) is 0 Å². The molecule has 0 saturated heterocycles. The van der Waals surface area contributed by atoms with Gasteiger partial charge in [-0.15, -0.1) is 10.2 Å². The van der Waals surface area contributed by atoms with Crippen molar-refractivity contribution in [1.82, 2.24) is 10.2 Å². The Bertz CT molecular complexity index is 781. The molecule has 4 fully saturated rings. The quantitative estimate of drug-likeness (QED) is 0.831. The maximum Gasteiger partial charge on any atom is 0.257 e. The molecule has 0 spiro atoms. The van der Waals surface area contributed by atoms with Crippen molar-refractivity contribution < 1.29 is 4.79 Å². The molecule has 1 heterocycles. The van der Waals surface area contributed by atoms with Crippen molar-refractivity contribution in [3.63, 3.8) is 0 Å². The first kappa shape index (κ1) is 15.8. The molecule has 6 rings (SSSR count). The van der Waals surface area contributed by atoms with Gasteiger partial charge in [0.2, 0.25) is 5.13 Å². The summed E-state index contributed by atoms with van der Waals surface area (Å²) in [5, 5.41) is 14.0. The van der Waals surface area contributed by atoms with Gasteiger partial charge in [0.1, 0.15) is 5.01 Å². The molecule has 130 valence electrons. The summed E-state index contributed by atoms with van der Waals surface area (Å²) < 4.78 is 0. The lowest BCUT2D eigenvalue weighted by atomic mass is 9.50. The lowest BCUT2D eigenvalue weighted by molar-refractivity contribution is -0.00555. The van der Waals surface area contributed by atoms with Crippen molar-refractivity contribution in [2.45, 2.75) is 43.9 Å². The third kappa shape index (κ3) is 2.77. The van der Waals surface area contributed by atoms with E-state index in [0.29, 0.717) is 15.7 Å². The second-order valence-electron chi connectivity index (χ2n) is 8.07. The van der Waals surface area contributed by atoms with E-state index in [0.717, 1.165) is 22.8 Å². The summed E-state index contributed by atoms with van der Waals surface area (Å²) in [5.41, 5.74) is 0.811. The molecule has 4 aliphatic carbocycles. The third-order valence-electron chi connectivity index (χ3n) is 6.24. The fraction of sp³-hybridized carbons (Fsp3) is 0.526. The molecule has 0 aliphatic heterocycles. The van der Waals surface area contributed by atoms with Crippen LogP contribution in [0.1, 0.15) is 53.9 Å². The largest absolute Gasteiger partial charge is 0.296 e. The number of hydrogen-bond acceptors (Lipinski definition) is 4. The Labute approximate surface area is 156 Å². The van der Waals surface area contributed by atoms with Crippen LogP contribution >= 0.6 is 22.9 Å². The minimum atomic E-state index is -0.162. The first-order valence-electron chi connectivity index (χ1n) is 9.00. The minimum absolute atomic E-state index is 0.162. The fourth-order valence-electron chi connectivity index (χ4n) is 5.63. The highest BCUT2D eigenvalue weighted by Crippen LogP contribution is 2.61. The number of amides is 1. The third-order valence-corrected chi connectivity index (χ3v) is 7.58. The molecule has 0 unspecified atom stereocenters. The summed E-state index contributed by atoms with van der Waals surface area (Å²) in [5.74, 6) is 2.47. The number of nitrogens with one attached hydrogen (secondary N) is 1. The maximum absolute atomic E-state index is 12.4. The van der Waals surface area contributed by atoms with Crippen molar-refractivity contribution in [1.29, 1.82) is 0 Å². The molecule has 1 aromatic heterocycles. The molecule has 0 atom stereocenters. The highest BCUT2D eigenvalue weighted by Gasteiger charge is 2.53. The molecule has 6 heteroatoms. The Morgan fingerprint density at radius 1 is 1.04 bits per heavy atom. The number of halogens is 1. The first-order chi connectivity index (χ1) is 12.1. The number of carbonyl (C=O) groups is 1. The van der Waals surface area contributed by atoms with Gasteiger partial charge in [0.05, 0.1) is 0 Å². The zero-order valence-corrected chi connectivity index (χ0v) is 15.4. The van der Waals surface area contributed by atoms with Crippen LogP contribution in [0.4, 0.5) is 5.13 Å². The molecule has 0 radical (unpaired) electrons. The molecule has 1 N–H and O–H groups in total. The highest BCUT2D eigenvalue weighted by molar-refractivity contribution is 7.15. The topological polar surface area (TPSA) is 54.9 Å². The highest BCUT2D eigenvalue weighted by atomic mass is 35.5. The van der Waals surface area contributed by atoms with E-state index >= 15 is 0 Å². The standard InChI is InChI=1S/C19H20ClN3OS/c20-15-3-1-14(2-4-15)16(24)21-18-23-22-17(25-18)19-8-11-5-12(9-19)7-13(6-11)10-19/h1-4,11-13H,5-10H2,(H,21,23,24). The molecule has 4 saturated carbocycles. The Morgan fingerprint density at radius 3 is 2.24 bits per heavy atom. The molecule has 2 aromatic rings.